The summed E-state index contributed by atoms with van der Waals surface area (Å²) in [5, 5.41) is 130. The molecular weight excluding hydrogens is 1740 g/mol. The number of piperazine rings is 2. The number of nitrogens with two attached hydrogens (primary N) is 1. The number of H-pyrrole nitrogens is 5. The number of carbonyl (C=O) groups excluding carboxylic acids is 1. The van der Waals surface area contributed by atoms with Crippen LogP contribution in [0.1, 0.15) is 212 Å². The molecule has 41 nitrogen and oxygen atoms in total. The van der Waals surface area contributed by atoms with Gasteiger partial charge in [0.05, 0.1) is 35.7 Å². The molecule has 1 unspecified atom stereocenters. The molecule has 0 radical (unpaired) electrons. The normalized spacial score (nSPS) is 17.3. The summed E-state index contributed by atoms with van der Waals surface area (Å²) in [4.78, 5) is 88.4. The molecule has 5 aromatic carbocycles. The number of anilines is 5. The lowest BCUT2D eigenvalue weighted by Crippen LogP contribution is -2.48. The molecule has 136 heavy (non-hydrogen) atoms. The number of carbonyl (C=O) groups is 6. The highest BCUT2D eigenvalue weighted by molar-refractivity contribution is 5.75. The maximum absolute atomic E-state index is 11.9. The van der Waals surface area contributed by atoms with E-state index >= 15 is 0 Å². The fourth-order valence-electron chi connectivity index (χ4n) is 18.5. The lowest BCUT2D eigenvalue weighted by molar-refractivity contribution is -0.144. The fourth-order valence-corrected chi connectivity index (χ4v) is 18.5. The van der Waals surface area contributed by atoms with Crippen molar-refractivity contribution in [3.8, 4) is 0 Å². The molecule has 12 atom stereocenters. The third-order valence-electron chi connectivity index (χ3n) is 25.9. The van der Waals surface area contributed by atoms with Gasteiger partial charge in [-0.2, -0.15) is 26.1 Å². The van der Waals surface area contributed by atoms with Crippen molar-refractivity contribution in [1.29, 1.82) is 0 Å². The number of carboxylic acids is 5. The van der Waals surface area contributed by atoms with E-state index in [1.54, 1.807) is 6.92 Å². The Morgan fingerprint density at radius 2 is 0.691 bits per heavy atom. The number of benzene rings is 5. The average molecular weight is 1880 g/mol. The van der Waals surface area contributed by atoms with Crippen molar-refractivity contribution >= 4 is 64.2 Å². The smallest absolute Gasteiger partial charge is 0.307 e. The standard InChI is InChI=1S/C20H28N6O3.C19H28N6O2.C19H30N6O2.C19H27N5O3.C18H26N6O2/c1-3-5-17(20(28)29)18(19-21-23-24-22-19)13-15-6-4-7-16(12-15)26-10-8-25(9-11-26)14(2)27;1-3-5-16(19(26)27)17(18-20-22-23-21-18)13-14-6-4-7-15(12-14)25-10-8-24(2)9-11-25;1-5-7-16(19(26)27)17(18-20-22-23-21-18)13-14-8-6-9-15(12-14)25(4)11-10-24(2)3;1-2-5-16(19(26)27)17(18-20-22-23-21-18)11-13-6-3-7-14(10-13)24-9-4-8-15(25)12-24;1-2-4-15(18(25)26)16(17-20-22-23-21-17)10-12-5-3-6-14(9-12)24-8-7-13(19)11-24/h4,6-7,12,17-18H,3,5,8-11,13H2,1-2H3,(H,28,29)(H,21,22,23,24);4,6-7,12,16-17H,3,5,8-11,13H2,1-2H3,(H,26,27)(H,20,21,22,23);6,8-9,12,16-17H,5,7,10-11,13H2,1-4H3,(H,26,27)(H,20,21,22,23);3,6-7,10,15-17,25H,2,4-5,8-9,11-12H2,1H3,(H,26,27)(H,20,21,22,23);3,5-6,9,13,15-16H,2,4,7-8,10-11,19H2,1H3,(H,25,26)(H,20,21,22,23)/t17-,18-;2*16-,17-;15?,16-,17-;13-,15+,16+/m00001/s1. The van der Waals surface area contributed by atoms with E-state index in [1.165, 1.54) is 5.69 Å². The molecule has 1 amide bonds. The Bertz CT molecular complexity index is 5180. The summed E-state index contributed by atoms with van der Waals surface area (Å²) in [6.07, 6.45) is 12.1. The van der Waals surface area contributed by atoms with Crippen LogP contribution in [0.4, 0.5) is 28.4 Å². The van der Waals surface area contributed by atoms with Gasteiger partial charge in [0.2, 0.25) is 5.91 Å². The molecule has 14 rings (SSSR count). The van der Waals surface area contributed by atoms with E-state index in [4.69, 9.17) is 5.73 Å². The average Bonchev–Trinajstić information content (AvgIpc) is 1.43. The largest absolute Gasteiger partial charge is 0.481 e. The number of likely N-dealkylation sites (N-methyl/N-ethyl adjacent to an activating group) is 3. The molecule has 0 bridgehead atoms. The molecule has 4 aliphatic heterocycles. The molecule has 4 saturated heterocycles. The van der Waals surface area contributed by atoms with Crippen molar-refractivity contribution in [2.75, 3.05) is 144 Å². The summed E-state index contributed by atoms with van der Waals surface area (Å²) in [7, 11) is 8.32. The molecule has 4 fully saturated rings. The number of aliphatic hydroxyl groups excluding tert-OH is 1. The number of hydrogen-bond acceptors (Lipinski definition) is 30. The van der Waals surface area contributed by atoms with Crippen molar-refractivity contribution in [2.24, 2.45) is 35.3 Å². The van der Waals surface area contributed by atoms with E-state index in [0.717, 1.165) is 174 Å². The van der Waals surface area contributed by atoms with E-state index < -0.39 is 59.4 Å². The van der Waals surface area contributed by atoms with Crippen molar-refractivity contribution in [3.63, 3.8) is 0 Å². The zero-order valence-electron chi connectivity index (χ0n) is 80.1. The van der Waals surface area contributed by atoms with Gasteiger partial charge in [-0.1, -0.05) is 153 Å². The van der Waals surface area contributed by atoms with Crippen LogP contribution in [0.25, 0.3) is 0 Å². The van der Waals surface area contributed by atoms with Crippen molar-refractivity contribution in [2.45, 2.75) is 199 Å². The van der Waals surface area contributed by atoms with E-state index in [-0.39, 0.29) is 47.6 Å². The number of tetrazole rings is 5. The zero-order chi connectivity index (χ0) is 97.6. The molecule has 0 spiro atoms. The van der Waals surface area contributed by atoms with E-state index in [0.29, 0.717) is 113 Å². The number of amides is 1. The first-order valence-electron chi connectivity index (χ1n) is 47.6. The zero-order valence-corrected chi connectivity index (χ0v) is 80.1. The van der Waals surface area contributed by atoms with Gasteiger partial charge in [0.25, 0.3) is 0 Å². The molecule has 13 N–H and O–H groups in total. The predicted octanol–water partition coefficient (Wildman–Crippen LogP) is 9.05. The maximum Gasteiger partial charge on any atom is 0.307 e. The van der Waals surface area contributed by atoms with Crippen LogP contribution >= 0.6 is 0 Å². The summed E-state index contributed by atoms with van der Waals surface area (Å²) in [5.41, 5.74) is 16.9. The number of β-amino-alcohol motifs (C(OH)–C–C–N with tert-alkyl or cyclic N) is 1. The van der Waals surface area contributed by atoms with Crippen molar-refractivity contribution in [1.82, 2.24) is 118 Å². The molecule has 5 aromatic heterocycles. The van der Waals surface area contributed by atoms with E-state index in [2.05, 4.69) is 226 Å². The highest BCUT2D eigenvalue weighted by Crippen LogP contribution is 2.38. The van der Waals surface area contributed by atoms with Gasteiger partial charge in [-0.25, -0.2) is 0 Å². The molecule has 9 heterocycles. The number of hydrogen-bond donors (Lipinski definition) is 12. The molecule has 736 valence electrons. The summed E-state index contributed by atoms with van der Waals surface area (Å²) in [6, 6.07) is 41.3. The Labute approximate surface area is 794 Å². The second kappa shape index (κ2) is 54.0. The van der Waals surface area contributed by atoms with E-state index in [9.17, 15) is 59.4 Å². The van der Waals surface area contributed by atoms with Crippen LogP contribution in [0.5, 0.6) is 0 Å². The van der Waals surface area contributed by atoms with Crippen LogP contribution in [-0.4, -0.2) is 316 Å². The van der Waals surface area contributed by atoms with Gasteiger partial charge in [-0.05, 0) is 193 Å². The Hall–Kier alpha value is -12.9. The Morgan fingerprint density at radius 1 is 0.390 bits per heavy atom. The van der Waals surface area contributed by atoms with Gasteiger partial charge in [-0.15, -0.1) is 51.0 Å². The van der Waals surface area contributed by atoms with Gasteiger partial charge in [0, 0.05) is 170 Å². The minimum atomic E-state index is -0.835. The first kappa shape index (κ1) is 105. The van der Waals surface area contributed by atoms with Gasteiger partial charge >= 0.3 is 29.8 Å². The lowest BCUT2D eigenvalue weighted by atomic mass is 9.83. The number of nitrogens with zero attached hydrogens (tertiary/aromatic N) is 23. The Morgan fingerprint density at radius 3 is 0.963 bits per heavy atom. The number of aliphatic carboxylic acids is 5. The first-order chi connectivity index (χ1) is 65.6. The molecule has 41 heteroatoms. The second-order valence-corrected chi connectivity index (χ2v) is 36.2. The van der Waals surface area contributed by atoms with Crippen LogP contribution < -0.4 is 30.2 Å². The van der Waals surface area contributed by atoms with Crippen LogP contribution in [-0.2, 0) is 60.9 Å². The number of aromatic nitrogens is 20. The minimum absolute atomic E-state index is 0.108. The highest BCUT2D eigenvalue weighted by Gasteiger charge is 2.38. The highest BCUT2D eigenvalue weighted by atomic mass is 16.4. The number of carboxylic acid groups (broad SMARTS) is 5. The first-order valence-corrected chi connectivity index (χ1v) is 47.6. The van der Waals surface area contributed by atoms with Gasteiger partial charge in [0.15, 0.2) is 29.1 Å². The van der Waals surface area contributed by atoms with Crippen LogP contribution in [0.3, 0.4) is 0 Å². The summed E-state index contributed by atoms with van der Waals surface area (Å²) >= 11 is 0. The van der Waals surface area contributed by atoms with Crippen LogP contribution in [0, 0.1) is 29.6 Å². The number of aromatic amines is 5. The SMILES string of the molecule is CCC[C@H](C(=O)O)[C@H](Cc1cccc(N(C)CCN(C)C)c1)c1nn[nH]n1.CCC[C@H](C(=O)O)[C@H](Cc1cccc(N2CCCC(O)C2)c1)c1nn[nH]n1.CCC[C@H](C(=O)O)[C@H](Cc1cccc(N2CCN(C(C)=O)CC2)c1)c1nn[nH]n1.CCC[C@H](C(=O)O)[C@H](Cc1cccc(N2CCN(C)CC2)c1)c1nn[nH]n1.CCC[C@H](C(=O)O)[C@H](Cc1cccc(N2CC[C@@H](N)C2)c1)c1nn[nH]n1. The molecule has 0 saturated carbocycles. The van der Waals surface area contributed by atoms with Crippen molar-refractivity contribution in [3.05, 3.63) is 178 Å². The number of rotatable bonds is 43. The summed E-state index contributed by atoms with van der Waals surface area (Å²) in [5.74, 6) is -6.09. The summed E-state index contributed by atoms with van der Waals surface area (Å²) in [6.45, 7) is 23.8. The quantitative estimate of drug-likeness (QED) is 0.0169. The topological polar surface area (TPSA) is 548 Å². The molecule has 4 aliphatic rings. The number of piperidine rings is 1. The number of aliphatic hydroxyl groups is 1. The Balaban J connectivity index is 0.000000176. The second-order valence-electron chi connectivity index (χ2n) is 36.2. The molecular formula is C95H139N29O12. The van der Waals surface area contributed by atoms with Crippen molar-refractivity contribution < 1.29 is 59.4 Å². The van der Waals surface area contributed by atoms with Gasteiger partial charge in [-0.3, -0.25) is 28.8 Å². The monoisotopic (exact) mass is 1880 g/mol. The third kappa shape index (κ3) is 31.6. The Kier molecular flexibility index (Phi) is 41.8. The van der Waals surface area contributed by atoms with Crippen LogP contribution in [0.2, 0.25) is 0 Å². The minimum Gasteiger partial charge on any atom is -0.481 e. The predicted molar refractivity (Wildman–Crippen MR) is 514 cm³/mol. The maximum atomic E-state index is 11.9. The molecule has 10 aromatic rings. The lowest BCUT2D eigenvalue weighted by Gasteiger charge is -2.35. The van der Waals surface area contributed by atoms with Gasteiger partial charge < -0.3 is 75.6 Å². The third-order valence-corrected chi connectivity index (χ3v) is 25.9. The fraction of sp³-hybridized carbons (Fsp3) is 0.568. The van der Waals surface area contributed by atoms with E-state index in [1.807, 2.05) is 100 Å². The van der Waals surface area contributed by atoms with Gasteiger partial charge in [0.1, 0.15) is 0 Å². The van der Waals surface area contributed by atoms with Crippen LogP contribution in [0.15, 0.2) is 121 Å². The number of nitrogens with one attached hydrogen (secondary N) is 5. The summed E-state index contributed by atoms with van der Waals surface area (Å²) < 4.78 is 0. The molecule has 0 aliphatic carbocycles.